The first-order chi connectivity index (χ1) is 17.1. The number of nitrogens with zero attached hydrogens (tertiary/aromatic N) is 3. The molecule has 1 unspecified atom stereocenters. The van der Waals surface area contributed by atoms with Gasteiger partial charge in [0.05, 0.1) is 32.9 Å². The molecule has 3 heterocycles. The van der Waals surface area contributed by atoms with Gasteiger partial charge in [-0.1, -0.05) is 24.6 Å². The number of aliphatic hydroxyl groups excluding tert-OH is 3. The van der Waals surface area contributed by atoms with Gasteiger partial charge in [-0.25, -0.2) is 4.98 Å². The summed E-state index contributed by atoms with van der Waals surface area (Å²) in [6.07, 6.45) is -0.504. The van der Waals surface area contributed by atoms with Gasteiger partial charge in [0.15, 0.2) is 17.6 Å². The van der Waals surface area contributed by atoms with Gasteiger partial charge in [-0.3, -0.25) is 4.79 Å². The number of aromatic nitrogens is 1. The van der Waals surface area contributed by atoms with Gasteiger partial charge in [-0.15, -0.1) is 0 Å². The number of aryl methyl sites for hydroxylation is 1. The van der Waals surface area contributed by atoms with Gasteiger partial charge in [0.1, 0.15) is 11.9 Å². The fourth-order valence-corrected chi connectivity index (χ4v) is 5.07. The topological polar surface area (TPSA) is 116 Å². The number of carbonyl (C=O) groups excluding carboxylic acids is 1. The first-order valence-electron chi connectivity index (χ1n) is 12.0. The van der Waals surface area contributed by atoms with E-state index in [1.807, 2.05) is 38.1 Å². The van der Waals surface area contributed by atoms with E-state index in [4.69, 9.17) is 21.1 Å². The molecule has 0 spiro atoms. The summed E-state index contributed by atoms with van der Waals surface area (Å²) in [5, 5.41) is 30.4. The van der Waals surface area contributed by atoms with Crippen LogP contribution in [-0.4, -0.2) is 89.3 Å². The zero-order valence-electron chi connectivity index (χ0n) is 21.0. The zero-order chi connectivity index (χ0) is 26.2. The molecule has 9 nitrogen and oxygen atoms in total. The molecule has 4 atom stereocenters. The predicted molar refractivity (Wildman–Crippen MR) is 136 cm³/mol. The van der Waals surface area contributed by atoms with Crippen molar-refractivity contribution in [2.45, 2.75) is 45.0 Å². The van der Waals surface area contributed by atoms with Gasteiger partial charge >= 0.3 is 0 Å². The fourth-order valence-electron chi connectivity index (χ4n) is 4.92. The van der Waals surface area contributed by atoms with E-state index in [0.717, 1.165) is 16.9 Å². The maximum absolute atomic E-state index is 12.6. The van der Waals surface area contributed by atoms with Crippen molar-refractivity contribution in [1.29, 1.82) is 0 Å². The molecule has 2 aliphatic heterocycles. The summed E-state index contributed by atoms with van der Waals surface area (Å²) in [6.45, 7) is 6.77. The maximum atomic E-state index is 12.6. The standard InChI is InChI=1S/C26H34ClN3O6/c1-15-9-28-24(8-20(15)27)29-10-18(11-29)36-23-7-17(5-6-22(23)35-4)19-12-30(25(34)21(33)13-31)14-26(19,3)16(2)32/h5-9,16,18-19,21,31-33H,10-14H2,1-4H3/t16-,19+,21?,26+/m1/s1. The molecule has 2 fully saturated rings. The van der Waals surface area contributed by atoms with Crippen LogP contribution in [-0.2, 0) is 4.79 Å². The van der Waals surface area contributed by atoms with Crippen molar-refractivity contribution in [3.8, 4) is 11.5 Å². The molecular weight excluding hydrogens is 486 g/mol. The quantitative estimate of drug-likeness (QED) is 0.485. The largest absolute Gasteiger partial charge is 0.493 e. The van der Waals surface area contributed by atoms with Crippen molar-refractivity contribution < 1.29 is 29.6 Å². The lowest BCUT2D eigenvalue weighted by molar-refractivity contribution is -0.141. The number of ether oxygens (including phenoxy) is 2. The van der Waals surface area contributed by atoms with E-state index in [1.54, 1.807) is 20.2 Å². The Morgan fingerprint density at radius 1 is 1.25 bits per heavy atom. The summed E-state index contributed by atoms with van der Waals surface area (Å²) in [5.41, 5.74) is 1.17. The number of likely N-dealkylation sites (tertiary alicyclic amines) is 1. The Morgan fingerprint density at radius 3 is 2.58 bits per heavy atom. The summed E-state index contributed by atoms with van der Waals surface area (Å²) < 4.78 is 11.8. The molecule has 196 valence electrons. The van der Waals surface area contributed by atoms with Crippen molar-refractivity contribution >= 4 is 23.3 Å². The highest BCUT2D eigenvalue weighted by atomic mass is 35.5. The minimum absolute atomic E-state index is 0.0690. The van der Waals surface area contributed by atoms with Crippen LogP contribution in [0.1, 0.15) is 30.9 Å². The van der Waals surface area contributed by atoms with Crippen LogP contribution >= 0.6 is 11.6 Å². The van der Waals surface area contributed by atoms with E-state index in [0.29, 0.717) is 36.2 Å². The third kappa shape index (κ3) is 4.98. The van der Waals surface area contributed by atoms with Crippen molar-refractivity contribution in [3.05, 3.63) is 46.6 Å². The lowest BCUT2D eigenvalue weighted by Gasteiger charge is -2.40. The molecule has 1 aromatic carbocycles. The monoisotopic (exact) mass is 519 g/mol. The molecule has 2 aliphatic rings. The van der Waals surface area contributed by atoms with Crippen molar-refractivity contribution in [3.63, 3.8) is 0 Å². The number of amides is 1. The number of methoxy groups -OCH3 is 1. The van der Waals surface area contributed by atoms with E-state index < -0.39 is 30.1 Å². The molecule has 0 radical (unpaired) electrons. The molecule has 0 bridgehead atoms. The Kier molecular flexibility index (Phi) is 7.66. The summed E-state index contributed by atoms with van der Waals surface area (Å²) >= 11 is 6.24. The van der Waals surface area contributed by atoms with Crippen LogP contribution in [0.3, 0.4) is 0 Å². The average molecular weight is 520 g/mol. The van der Waals surface area contributed by atoms with E-state index in [2.05, 4.69) is 9.88 Å². The number of pyridine rings is 1. The molecule has 0 saturated carbocycles. The molecule has 36 heavy (non-hydrogen) atoms. The molecule has 4 rings (SSSR count). The molecular formula is C26H34ClN3O6. The maximum Gasteiger partial charge on any atom is 0.253 e. The molecule has 1 amide bonds. The number of benzene rings is 1. The van der Waals surface area contributed by atoms with E-state index in [1.165, 1.54) is 4.90 Å². The summed E-state index contributed by atoms with van der Waals surface area (Å²) in [5.74, 6) is 1.23. The second-order valence-electron chi connectivity index (χ2n) is 10.00. The predicted octanol–water partition coefficient (Wildman–Crippen LogP) is 1.99. The highest BCUT2D eigenvalue weighted by molar-refractivity contribution is 6.31. The summed E-state index contributed by atoms with van der Waals surface area (Å²) in [6, 6.07) is 7.51. The van der Waals surface area contributed by atoms with Gasteiger partial charge in [0.25, 0.3) is 5.91 Å². The Labute approximate surface area is 216 Å². The highest BCUT2D eigenvalue weighted by Crippen LogP contribution is 2.47. The first-order valence-corrected chi connectivity index (χ1v) is 12.4. The number of hydrogen-bond donors (Lipinski definition) is 3. The number of carbonyl (C=O) groups is 1. The van der Waals surface area contributed by atoms with Crippen molar-refractivity contribution in [2.24, 2.45) is 5.41 Å². The highest BCUT2D eigenvalue weighted by Gasteiger charge is 2.49. The second-order valence-corrected chi connectivity index (χ2v) is 10.4. The Hall–Kier alpha value is -2.59. The van der Waals surface area contributed by atoms with Gasteiger partial charge < -0.3 is 34.6 Å². The van der Waals surface area contributed by atoms with E-state index in [9.17, 15) is 20.1 Å². The van der Waals surface area contributed by atoms with Crippen LogP contribution in [0.2, 0.25) is 5.02 Å². The average Bonchev–Trinajstić information content (AvgIpc) is 3.20. The Bertz CT molecular complexity index is 1110. The lowest BCUT2D eigenvalue weighted by Crippen LogP contribution is -2.54. The van der Waals surface area contributed by atoms with Crippen LogP contribution in [0.5, 0.6) is 11.5 Å². The first kappa shape index (κ1) is 26.5. The SMILES string of the molecule is COc1ccc([C@@H]2CN(C(=O)C(O)CO)C[C@@]2(C)[C@@H](C)O)cc1OC1CN(c2cc(Cl)c(C)cn2)C1. The Balaban J connectivity index is 1.52. The molecule has 2 saturated heterocycles. The summed E-state index contributed by atoms with van der Waals surface area (Å²) in [4.78, 5) is 20.6. The van der Waals surface area contributed by atoms with Gasteiger partial charge in [-0.2, -0.15) is 0 Å². The minimum atomic E-state index is -1.48. The second kappa shape index (κ2) is 10.4. The van der Waals surface area contributed by atoms with Crippen molar-refractivity contribution in [2.75, 3.05) is 44.8 Å². The third-order valence-corrected chi connectivity index (χ3v) is 7.94. The zero-order valence-corrected chi connectivity index (χ0v) is 21.8. The number of aliphatic hydroxyl groups is 3. The molecule has 10 heteroatoms. The van der Waals surface area contributed by atoms with Crippen LogP contribution in [0, 0.1) is 12.3 Å². The third-order valence-electron chi connectivity index (χ3n) is 7.53. The number of anilines is 1. The molecule has 3 N–H and O–H groups in total. The lowest BCUT2D eigenvalue weighted by atomic mass is 9.72. The number of halogens is 1. The molecule has 0 aliphatic carbocycles. The van der Waals surface area contributed by atoms with Crippen molar-refractivity contribution in [1.82, 2.24) is 9.88 Å². The van der Waals surface area contributed by atoms with E-state index >= 15 is 0 Å². The smallest absolute Gasteiger partial charge is 0.253 e. The molecule has 1 aromatic heterocycles. The van der Waals surface area contributed by atoms with E-state index in [-0.39, 0.29) is 18.6 Å². The van der Waals surface area contributed by atoms with Crippen LogP contribution in [0.15, 0.2) is 30.5 Å². The Morgan fingerprint density at radius 2 is 1.97 bits per heavy atom. The minimum Gasteiger partial charge on any atom is -0.493 e. The fraction of sp³-hybridized carbons (Fsp3) is 0.538. The van der Waals surface area contributed by atoms with Crippen LogP contribution in [0.25, 0.3) is 0 Å². The van der Waals surface area contributed by atoms with Crippen LogP contribution < -0.4 is 14.4 Å². The van der Waals surface area contributed by atoms with Crippen LogP contribution in [0.4, 0.5) is 5.82 Å². The van der Waals surface area contributed by atoms with Gasteiger partial charge in [0, 0.05) is 35.6 Å². The normalized spacial score (nSPS) is 23.8. The number of hydrogen-bond acceptors (Lipinski definition) is 8. The molecule has 2 aromatic rings. The summed E-state index contributed by atoms with van der Waals surface area (Å²) in [7, 11) is 1.58. The van der Waals surface area contributed by atoms with Gasteiger partial charge in [-0.05, 0) is 43.2 Å². The van der Waals surface area contributed by atoms with Gasteiger partial charge in [0.2, 0.25) is 0 Å². The number of rotatable bonds is 8.